The zero-order valence-electron chi connectivity index (χ0n) is 10.7. The Morgan fingerprint density at radius 2 is 1.81 bits per heavy atom. The van der Waals surface area contributed by atoms with Crippen molar-refractivity contribution in [3.63, 3.8) is 0 Å². The minimum Gasteiger partial charge on any atom is -0.387 e. The fraction of sp³-hybridized carbons (Fsp3) is 0.923. The molecule has 1 rings (SSSR count). The average molecular weight is 226 g/mol. The topological polar surface area (TPSA) is 59.1 Å². The van der Waals surface area contributed by atoms with Crippen LogP contribution in [0.15, 0.2) is 0 Å². The molecule has 3 heteroatoms. The van der Waals surface area contributed by atoms with Crippen LogP contribution in [-0.4, -0.2) is 18.5 Å². The van der Waals surface area contributed by atoms with Gasteiger partial charge in [0.25, 0.3) is 0 Å². The molecule has 0 radical (unpaired) electrons. The lowest BCUT2D eigenvalue weighted by atomic mass is 9.88. The minimum atomic E-state index is -0.218. The first-order valence-electron chi connectivity index (χ1n) is 6.48. The quantitative estimate of drug-likeness (QED) is 0.430. The van der Waals surface area contributed by atoms with E-state index in [0.29, 0.717) is 6.10 Å². The van der Waals surface area contributed by atoms with Crippen LogP contribution in [0.3, 0.4) is 0 Å². The first-order valence-corrected chi connectivity index (χ1v) is 6.48. The Balaban J connectivity index is 2.21. The van der Waals surface area contributed by atoms with Gasteiger partial charge in [0.2, 0.25) is 0 Å². The highest BCUT2D eigenvalue weighted by atomic mass is 16.5. The van der Waals surface area contributed by atoms with E-state index in [1.807, 2.05) is 13.8 Å². The minimum absolute atomic E-state index is 0.218. The average Bonchev–Trinajstić information content (AvgIpc) is 2.46. The number of hydrogen-bond acceptors (Lipinski definition) is 2. The van der Waals surface area contributed by atoms with E-state index in [9.17, 15) is 0 Å². The van der Waals surface area contributed by atoms with Crippen LogP contribution >= 0.6 is 0 Å². The van der Waals surface area contributed by atoms with E-state index in [1.54, 1.807) is 0 Å². The summed E-state index contributed by atoms with van der Waals surface area (Å²) in [5, 5.41) is 7.48. The summed E-state index contributed by atoms with van der Waals surface area (Å²) in [7, 11) is 0. The molecular weight excluding hydrogens is 200 g/mol. The van der Waals surface area contributed by atoms with Crippen LogP contribution in [0.25, 0.3) is 0 Å². The molecule has 1 aliphatic carbocycles. The van der Waals surface area contributed by atoms with Crippen molar-refractivity contribution in [3.8, 4) is 0 Å². The molecule has 0 amide bonds. The van der Waals surface area contributed by atoms with Crippen molar-refractivity contribution in [2.75, 3.05) is 6.61 Å². The van der Waals surface area contributed by atoms with Crippen LogP contribution in [0.4, 0.5) is 0 Å². The normalized spacial score (nSPS) is 19.4. The second-order valence-electron chi connectivity index (χ2n) is 5.53. The van der Waals surface area contributed by atoms with Gasteiger partial charge in [-0.3, -0.25) is 5.41 Å². The summed E-state index contributed by atoms with van der Waals surface area (Å²) in [6, 6.07) is 0. The van der Waals surface area contributed by atoms with Gasteiger partial charge in [-0.25, -0.2) is 0 Å². The summed E-state index contributed by atoms with van der Waals surface area (Å²) in [5.74, 6) is 0.261. The second-order valence-corrected chi connectivity index (χ2v) is 5.53. The lowest BCUT2D eigenvalue weighted by Crippen LogP contribution is -2.32. The van der Waals surface area contributed by atoms with E-state index in [2.05, 4.69) is 0 Å². The molecule has 0 aromatic heterocycles. The van der Waals surface area contributed by atoms with E-state index < -0.39 is 0 Å². The maximum absolute atomic E-state index is 7.48. The standard InChI is InChI=1S/C13H26N2O/c1-13(2,12(14)15)9-10-16-11-7-5-3-4-6-8-11/h11H,3-10H2,1-2H3,(H3,14,15). The maximum Gasteiger partial charge on any atom is 0.0963 e. The van der Waals surface area contributed by atoms with Crippen LogP contribution in [-0.2, 0) is 4.74 Å². The Morgan fingerprint density at radius 3 is 2.31 bits per heavy atom. The van der Waals surface area contributed by atoms with Gasteiger partial charge >= 0.3 is 0 Å². The molecular formula is C13H26N2O. The molecule has 1 saturated carbocycles. The Morgan fingerprint density at radius 1 is 1.25 bits per heavy atom. The molecule has 1 aliphatic rings. The lowest BCUT2D eigenvalue weighted by molar-refractivity contribution is 0.0331. The molecule has 0 unspecified atom stereocenters. The van der Waals surface area contributed by atoms with Crippen molar-refractivity contribution >= 4 is 5.84 Å². The highest BCUT2D eigenvalue weighted by Crippen LogP contribution is 2.23. The van der Waals surface area contributed by atoms with Gasteiger partial charge < -0.3 is 10.5 Å². The number of amidine groups is 1. The van der Waals surface area contributed by atoms with Crippen molar-refractivity contribution in [1.82, 2.24) is 0 Å². The van der Waals surface area contributed by atoms with E-state index >= 15 is 0 Å². The predicted molar refractivity (Wildman–Crippen MR) is 67.8 cm³/mol. The second kappa shape index (κ2) is 6.24. The molecule has 0 aliphatic heterocycles. The molecule has 1 fully saturated rings. The third-order valence-electron chi connectivity index (χ3n) is 3.61. The molecule has 3 nitrogen and oxygen atoms in total. The van der Waals surface area contributed by atoms with Gasteiger partial charge in [-0.1, -0.05) is 39.5 Å². The molecule has 0 aromatic carbocycles. The number of rotatable bonds is 5. The molecule has 0 aromatic rings. The van der Waals surface area contributed by atoms with Crippen molar-refractivity contribution in [3.05, 3.63) is 0 Å². The summed E-state index contributed by atoms with van der Waals surface area (Å²) < 4.78 is 5.90. The molecule has 3 N–H and O–H groups in total. The number of ether oxygens (including phenoxy) is 1. The first-order chi connectivity index (χ1) is 7.52. The Kier molecular flexibility index (Phi) is 5.26. The third kappa shape index (κ3) is 4.52. The zero-order chi connectivity index (χ0) is 12.0. The summed E-state index contributed by atoms with van der Waals surface area (Å²) in [5.41, 5.74) is 5.32. The third-order valence-corrected chi connectivity index (χ3v) is 3.61. The van der Waals surface area contributed by atoms with Gasteiger partial charge in [-0.15, -0.1) is 0 Å². The van der Waals surface area contributed by atoms with Crippen molar-refractivity contribution in [2.24, 2.45) is 11.1 Å². The molecule has 16 heavy (non-hydrogen) atoms. The van der Waals surface area contributed by atoms with Crippen molar-refractivity contribution < 1.29 is 4.74 Å². The summed E-state index contributed by atoms with van der Waals surface area (Å²) in [4.78, 5) is 0. The Labute approximate surface area is 99.3 Å². The first kappa shape index (κ1) is 13.5. The van der Waals surface area contributed by atoms with E-state index in [-0.39, 0.29) is 11.3 Å². The SMILES string of the molecule is CC(C)(CCOC1CCCCCC1)C(=N)N. The summed E-state index contributed by atoms with van der Waals surface area (Å²) in [6.07, 6.45) is 9.05. The van der Waals surface area contributed by atoms with Crippen LogP contribution in [0, 0.1) is 10.8 Å². The maximum atomic E-state index is 7.48. The van der Waals surface area contributed by atoms with Crippen LogP contribution in [0.2, 0.25) is 0 Å². The van der Waals surface area contributed by atoms with E-state index in [4.69, 9.17) is 15.9 Å². The molecule has 0 spiro atoms. The smallest absolute Gasteiger partial charge is 0.0963 e. The van der Waals surface area contributed by atoms with Gasteiger partial charge in [-0.05, 0) is 19.3 Å². The van der Waals surface area contributed by atoms with Crippen LogP contribution in [0.5, 0.6) is 0 Å². The van der Waals surface area contributed by atoms with Crippen LogP contribution in [0.1, 0.15) is 58.8 Å². The van der Waals surface area contributed by atoms with Gasteiger partial charge in [0.1, 0.15) is 0 Å². The molecule has 0 bridgehead atoms. The number of nitrogens with two attached hydrogens (primary N) is 1. The molecule has 0 saturated heterocycles. The summed E-state index contributed by atoms with van der Waals surface area (Å²) >= 11 is 0. The van der Waals surface area contributed by atoms with E-state index in [1.165, 1.54) is 38.5 Å². The fourth-order valence-corrected chi connectivity index (χ4v) is 2.02. The number of hydrogen-bond donors (Lipinski definition) is 2. The molecule has 94 valence electrons. The Hall–Kier alpha value is -0.570. The predicted octanol–water partition coefficient (Wildman–Crippen LogP) is 3.08. The van der Waals surface area contributed by atoms with Crippen LogP contribution < -0.4 is 5.73 Å². The van der Waals surface area contributed by atoms with Gasteiger partial charge in [-0.2, -0.15) is 0 Å². The molecule has 0 heterocycles. The lowest BCUT2D eigenvalue weighted by Gasteiger charge is -2.24. The largest absolute Gasteiger partial charge is 0.387 e. The monoisotopic (exact) mass is 226 g/mol. The number of nitrogens with one attached hydrogen (secondary N) is 1. The Bertz CT molecular complexity index is 218. The van der Waals surface area contributed by atoms with E-state index in [0.717, 1.165) is 13.0 Å². The summed E-state index contributed by atoms with van der Waals surface area (Å²) in [6.45, 7) is 4.74. The fourth-order valence-electron chi connectivity index (χ4n) is 2.02. The zero-order valence-corrected chi connectivity index (χ0v) is 10.7. The van der Waals surface area contributed by atoms with Crippen molar-refractivity contribution in [2.45, 2.75) is 64.9 Å². The van der Waals surface area contributed by atoms with Crippen molar-refractivity contribution in [1.29, 1.82) is 5.41 Å². The highest BCUT2D eigenvalue weighted by Gasteiger charge is 2.22. The van der Waals surface area contributed by atoms with Gasteiger partial charge in [0, 0.05) is 12.0 Å². The van der Waals surface area contributed by atoms with Gasteiger partial charge in [0.15, 0.2) is 0 Å². The van der Waals surface area contributed by atoms with Gasteiger partial charge in [0.05, 0.1) is 11.9 Å². The highest BCUT2D eigenvalue weighted by molar-refractivity contribution is 5.82. The molecule has 0 atom stereocenters.